The Kier molecular flexibility index (Phi) is 5.53. The molecule has 152 valence electrons. The Morgan fingerprint density at radius 2 is 2.07 bits per heavy atom. The van der Waals surface area contributed by atoms with Crippen LogP contribution in [0.25, 0.3) is 11.0 Å². The molecule has 0 unspecified atom stereocenters. The van der Waals surface area contributed by atoms with Gasteiger partial charge >= 0.3 is 5.97 Å². The molecule has 1 aliphatic rings. The number of pyridine rings is 1. The Morgan fingerprint density at radius 3 is 2.79 bits per heavy atom. The number of benzene rings is 1. The number of hydrogen-bond donors (Lipinski definition) is 2. The Bertz CT molecular complexity index is 999. The first-order valence-corrected chi connectivity index (χ1v) is 10.3. The van der Waals surface area contributed by atoms with Gasteiger partial charge in [-0.1, -0.05) is 37.3 Å². The van der Waals surface area contributed by atoms with Gasteiger partial charge in [-0.25, -0.2) is 9.78 Å². The molecule has 0 bridgehead atoms. The minimum absolute atomic E-state index is 0.182. The van der Waals surface area contributed by atoms with Crippen molar-refractivity contribution in [3.63, 3.8) is 0 Å². The summed E-state index contributed by atoms with van der Waals surface area (Å²) in [4.78, 5) is 18.7. The zero-order chi connectivity index (χ0) is 20.4. The normalized spacial score (nSPS) is 20.1. The van der Waals surface area contributed by atoms with Gasteiger partial charge in [-0.2, -0.15) is 0 Å². The van der Waals surface area contributed by atoms with Gasteiger partial charge in [-0.15, -0.1) is 0 Å². The van der Waals surface area contributed by atoms with Crippen molar-refractivity contribution in [2.24, 2.45) is 5.92 Å². The van der Waals surface area contributed by atoms with Gasteiger partial charge in [-0.05, 0) is 37.4 Å². The van der Waals surface area contributed by atoms with Crippen molar-refractivity contribution < 1.29 is 9.90 Å². The summed E-state index contributed by atoms with van der Waals surface area (Å²) in [7, 11) is 0. The zero-order valence-electron chi connectivity index (χ0n) is 17.0. The monoisotopic (exact) mass is 392 g/mol. The summed E-state index contributed by atoms with van der Waals surface area (Å²) in [5, 5.41) is 14.2. The zero-order valence-corrected chi connectivity index (χ0v) is 17.0. The summed E-state index contributed by atoms with van der Waals surface area (Å²) in [6, 6.07) is 12.6. The fraction of sp³-hybridized carbons (Fsp3) is 0.391. The fourth-order valence-corrected chi connectivity index (χ4v) is 4.21. The van der Waals surface area contributed by atoms with Crippen molar-refractivity contribution in [3.05, 3.63) is 59.9 Å². The maximum absolute atomic E-state index is 11.9. The number of fused-ring (bicyclic) bond motifs is 1. The average molecular weight is 393 g/mol. The van der Waals surface area contributed by atoms with Gasteiger partial charge in [0.2, 0.25) is 0 Å². The number of hydrogen-bond acceptors (Lipinski definition) is 4. The van der Waals surface area contributed by atoms with Gasteiger partial charge in [0.25, 0.3) is 0 Å². The van der Waals surface area contributed by atoms with E-state index in [-0.39, 0.29) is 11.6 Å². The first kappa shape index (κ1) is 19.5. The van der Waals surface area contributed by atoms with E-state index in [1.165, 1.54) is 11.8 Å². The van der Waals surface area contributed by atoms with Crippen LogP contribution in [-0.4, -0.2) is 44.7 Å². The van der Waals surface area contributed by atoms with Crippen LogP contribution in [0.2, 0.25) is 0 Å². The quantitative estimate of drug-likeness (QED) is 0.662. The molecule has 2 atom stereocenters. The lowest BCUT2D eigenvalue weighted by Gasteiger charge is -2.38. The lowest BCUT2D eigenvalue weighted by molar-refractivity contribution is 0.0697. The molecule has 6 heteroatoms. The number of carboxylic acids is 1. The summed E-state index contributed by atoms with van der Waals surface area (Å²) in [6.07, 6.45) is 4.53. The topological polar surface area (TPSA) is 70.4 Å². The largest absolute Gasteiger partial charge is 0.478 e. The second-order valence-electron chi connectivity index (χ2n) is 7.93. The first-order valence-electron chi connectivity index (χ1n) is 10.3. The van der Waals surface area contributed by atoms with Crippen molar-refractivity contribution in [1.82, 2.24) is 14.5 Å². The highest BCUT2D eigenvalue weighted by atomic mass is 16.4. The summed E-state index contributed by atoms with van der Waals surface area (Å²) in [5.74, 6) is -0.490. The smallest absolute Gasteiger partial charge is 0.339 e. The second-order valence-corrected chi connectivity index (χ2v) is 7.93. The first-order chi connectivity index (χ1) is 14.1. The van der Waals surface area contributed by atoms with Gasteiger partial charge in [-0.3, -0.25) is 4.90 Å². The molecule has 6 nitrogen and oxygen atoms in total. The number of aryl methyl sites for hydroxylation is 1. The summed E-state index contributed by atoms with van der Waals surface area (Å²) in [5.41, 5.74) is 3.05. The van der Waals surface area contributed by atoms with E-state index in [1.54, 1.807) is 0 Å². The van der Waals surface area contributed by atoms with Crippen LogP contribution in [-0.2, 0) is 13.1 Å². The number of likely N-dealkylation sites (tertiary alicyclic amines) is 1. The Labute approximate surface area is 171 Å². The molecular formula is C23H28N4O2. The van der Waals surface area contributed by atoms with E-state index in [4.69, 9.17) is 0 Å². The number of aromatic nitrogens is 2. The molecule has 29 heavy (non-hydrogen) atoms. The minimum atomic E-state index is -0.948. The molecule has 3 heterocycles. The highest BCUT2D eigenvalue weighted by molar-refractivity contribution is 6.03. The predicted octanol–water partition coefficient (Wildman–Crippen LogP) is 4.08. The third-order valence-electron chi connectivity index (χ3n) is 5.98. The number of carbonyl (C=O) groups is 1. The highest BCUT2D eigenvalue weighted by Gasteiger charge is 2.28. The minimum Gasteiger partial charge on any atom is -0.478 e. The molecule has 0 radical (unpaired) electrons. The van der Waals surface area contributed by atoms with E-state index in [0.717, 1.165) is 43.6 Å². The lowest BCUT2D eigenvalue weighted by atomic mass is 9.92. The van der Waals surface area contributed by atoms with Crippen LogP contribution in [0.15, 0.2) is 48.8 Å². The maximum Gasteiger partial charge on any atom is 0.339 e. The van der Waals surface area contributed by atoms with Gasteiger partial charge in [0, 0.05) is 43.5 Å². The van der Waals surface area contributed by atoms with Crippen LogP contribution in [0.4, 0.5) is 5.69 Å². The number of nitrogens with zero attached hydrogens (tertiary/aromatic N) is 3. The SMILES string of the molecule is CCn1ccc2c(N[C@H]3CN(Cc4ccccc4)CC[C@H]3C)c(C(=O)O)cnc21. The van der Waals surface area contributed by atoms with Gasteiger partial charge in [0.1, 0.15) is 11.2 Å². The molecule has 2 N–H and O–H groups in total. The van der Waals surface area contributed by atoms with Crippen LogP contribution < -0.4 is 5.32 Å². The van der Waals surface area contributed by atoms with Gasteiger partial charge in [0.15, 0.2) is 0 Å². The van der Waals surface area contributed by atoms with Crippen molar-refractivity contribution in [1.29, 1.82) is 0 Å². The number of piperidine rings is 1. The molecule has 0 saturated carbocycles. The Morgan fingerprint density at radius 1 is 1.28 bits per heavy atom. The predicted molar refractivity (Wildman–Crippen MR) is 115 cm³/mol. The molecule has 1 fully saturated rings. The summed E-state index contributed by atoms with van der Waals surface area (Å²) < 4.78 is 2.04. The molecule has 1 saturated heterocycles. The molecule has 2 aromatic heterocycles. The number of rotatable bonds is 6. The van der Waals surface area contributed by atoms with Crippen molar-refractivity contribution >= 4 is 22.7 Å². The Hall–Kier alpha value is -2.86. The fourth-order valence-electron chi connectivity index (χ4n) is 4.21. The molecule has 3 aromatic rings. The van der Waals surface area contributed by atoms with Gasteiger partial charge in [0.05, 0.1) is 5.69 Å². The maximum atomic E-state index is 11.9. The van der Waals surface area contributed by atoms with Crippen LogP contribution in [0.5, 0.6) is 0 Å². The highest BCUT2D eigenvalue weighted by Crippen LogP contribution is 2.30. The van der Waals surface area contributed by atoms with Crippen LogP contribution in [0.1, 0.15) is 36.2 Å². The van der Waals surface area contributed by atoms with Crippen molar-refractivity contribution in [2.75, 3.05) is 18.4 Å². The van der Waals surface area contributed by atoms with Crippen molar-refractivity contribution in [3.8, 4) is 0 Å². The molecule has 1 aromatic carbocycles. The van der Waals surface area contributed by atoms with E-state index < -0.39 is 5.97 Å². The van der Waals surface area contributed by atoms with Gasteiger partial charge < -0.3 is 15.0 Å². The molecular weight excluding hydrogens is 364 g/mol. The van der Waals surface area contributed by atoms with Crippen LogP contribution in [0.3, 0.4) is 0 Å². The number of carboxylic acid groups (broad SMARTS) is 1. The third-order valence-corrected chi connectivity index (χ3v) is 5.98. The van der Waals surface area contributed by atoms with Crippen LogP contribution in [0, 0.1) is 5.92 Å². The second kappa shape index (κ2) is 8.25. The Balaban J connectivity index is 1.61. The molecule has 0 aliphatic carbocycles. The lowest BCUT2D eigenvalue weighted by Crippen LogP contribution is -2.46. The molecule has 4 rings (SSSR count). The van der Waals surface area contributed by atoms with E-state index in [0.29, 0.717) is 11.6 Å². The van der Waals surface area contributed by atoms with Crippen LogP contribution >= 0.6 is 0 Å². The summed E-state index contributed by atoms with van der Waals surface area (Å²) >= 11 is 0. The summed E-state index contributed by atoms with van der Waals surface area (Å²) in [6.45, 7) is 7.95. The average Bonchev–Trinajstić information content (AvgIpc) is 3.15. The third kappa shape index (κ3) is 3.98. The number of aromatic carboxylic acids is 1. The van der Waals surface area contributed by atoms with E-state index in [1.807, 2.05) is 22.9 Å². The number of nitrogens with one attached hydrogen (secondary N) is 1. The van der Waals surface area contributed by atoms with Crippen molar-refractivity contribution in [2.45, 2.75) is 39.4 Å². The number of anilines is 1. The standard InChI is InChI=1S/C23H28N4O2/c1-3-27-12-10-18-21(19(23(28)29)13-24-22(18)27)25-20-15-26(11-9-16(20)2)14-17-7-5-4-6-8-17/h4-8,10,12-13,16,20H,3,9,11,14-15H2,1-2H3,(H,24,25)(H,28,29)/t16-,20+/m1/s1. The molecule has 0 spiro atoms. The molecule has 0 amide bonds. The van der Waals surface area contributed by atoms with E-state index >= 15 is 0 Å². The van der Waals surface area contributed by atoms with E-state index in [9.17, 15) is 9.90 Å². The molecule has 1 aliphatic heterocycles. The van der Waals surface area contributed by atoms with E-state index in [2.05, 4.69) is 53.3 Å².